The zero-order chi connectivity index (χ0) is 15.3. The van der Waals surface area contributed by atoms with Crippen molar-refractivity contribution in [1.29, 1.82) is 0 Å². The first-order chi connectivity index (χ1) is 10.6. The van der Waals surface area contributed by atoms with Gasteiger partial charge in [0.25, 0.3) is 5.91 Å². The predicted molar refractivity (Wildman–Crippen MR) is 81.8 cm³/mol. The minimum Gasteiger partial charge on any atom is -0.381 e. The average Bonchev–Trinajstić information content (AvgIpc) is 3.18. The zero-order valence-corrected chi connectivity index (χ0v) is 12.8. The molecule has 1 aromatic heterocycles. The number of nitrogens with zero attached hydrogens (tertiary/aromatic N) is 1. The minimum absolute atomic E-state index is 0.0904. The normalized spacial score (nSPS) is 24.7. The molecule has 116 valence electrons. The van der Waals surface area contributed by atoms with Gasteiger partial charge in [-0.2, -0.15) is 0 Å². The zero-order valence-electron chi connectivity index (χ0n) is 11.9. The van der Waals surface area contributed by atoms with Crippen molar-refractivity contribution in [2.45, 2.75) is 12.8 Å². The summed E-state index contributed by atoms with van der Waals surface area (Å²) in [5, 5.41) is 0. The lowest BCUT2D eigenvalue weighted by Gasteiger charge is -2.22. The molecule has 5 nitrogen and oxygen atoms in total. The number of imidazole rings is 1. The van der Waals surface area contributed by atoms with Crippen LogP contribution in [0.3, 0.4) is 0 Å². The van der Waals surface area contributed by atoms with Crippen molar-refractivity contribution in [3.05, 3.63) is 28.3 Å². The second-order valence-electron chi connectivity index (χ2n) is 6.23. The van der Waals surface area contributed by atoms with Gasteiger partial charge in [-0.05, 0) is 37.2 Å². The molecule has 0 bridgehead atoms. The summed E-state index contributed by atoms with van der Waals surface area (Å²) in [6.45, 7) is 2.83. The molecule has 0 unspecified atom stereocenters. The van der Waals surface area contributed by atoms with Gasteiger partial charge >= 0.3 is 0 Å². The average molecular weight is 321 g/mol. The molecule has 0 aliphatic carbocycles. The molecule has 2 saturated heterocycles. The number of fused-ring (bicyclic) bond motifs is 1. The van der Waals surface area contributed by atoms with Crippen LogP contribution >= 0.6 is 12.2 Å². The molecule has 1 spiro atoms. The van der Waals surface area contributed by atoms with E-state index in [0.29, 0.717) is 41.1 Å². The molecule has 1 atom stereocenters. The molecule has 2 N–H and O–H groups in total. The first-order valence-corrected chi connectivity index (χ1v) is 7.76. The van der Waals surface area contributed by atoms with Gasteiger partial charge in [-0.25, -0.2) is 4.39 Å². The van der Waals surface area contributed by atoms with Crippen molar-refractivity contribution in [2.75, 3.05) is 26.3 Å². The Kier molecular flexibility index (Phi) is 3.09. The predicted octanol–water partition coefficient (Wildman–Crippen LogP) is 2.62. The summed E-state index contributed by atoms with van der Waals surface area (Å²) in [5.41, 5.74) is 1.51. The highest BCUT2D eigenvalue weighted by atomic mass is 32.1. The maximum Gasteiger partial charge on any atom is 0.256 e. The molecule has 1 aromatic carbocycles. The molecule has 0 radical (unpaired) electrons. The Morgan fingerprint density at radius 2 is 2.23 bits per heavy atom. The molecule has 0 saturated carbocycles. The van der Waals surface area contributed by atoms with E-state index in [2.05, 4.69) is 9.97 Å². The number of hydrogen-bond donors (Lipinski definition) is 2. The van der Waals surface area contributed by atoms with Gasteiger partial charge in [0.15, 0.2) is 4.77 Å². The molecule has 7 heteroatoms. The fourth-order valence-electron chi connectivity index (χ4n) is 3.53. The Morgan fingerprint density at radius 1 is 1.36 bits per heavy atom. The Bertz CT molecular complexity index is 807. The van der Waals surface area contributed by atoms with Crippen molar-refractivity contribution in [2.24, 2.45) is 5.41 Å². The van der Waals surface area contributed by atoms with E-state index >= 15 is 0 Å². The summed E-state index contributed by atoms with van der Waals surface area (Å²) < 4.78 is 19.7. The fourth-order valence-corrected chi connectivity index (χ4v) is 3.74. The highest BCUT2D eigenvalue weighted by Gasteiger charge is 2.43. The van der Waals surface area contributed by atoms with E-state index in [1.807, 2.05) is 0 Å². The Labute approximate surface area is 131 Å². The summed E-state index contributed by atoms with van der Waals surface area (Å²) in [4.78, 5) is 20.4. The molecule has 2 aromatic rings. The molecular formula is C15H16FN3O2S. The topological polar surface area (TPSA) is 61.1 Å². The number of halogens is 1. The van der Waals surface area contributed by atoms with Crippen molar-refractivity contribution < 1.29 is 13.9 Å². The van der Waals surface area contributed by atoms with Gasteiger partial charge in [0.1, 0.15) is 5.82 Å². The summed E-state index contributed by atoms with van der Waals surface area (Å²) in [6.07, 6.45) is 1.93. The van der Waals surface area contributed by atoms with E-state index in [4.69, 9.17) is 17.0 Å². The van der Waals surface area contributed by atoms with Crippen LogP contribution in [0.2, 0.25) is 0 Å². The number of amides is 1. The fraction of sp³-hybridized carbons (Fsp3) is 0.467. The maximum atomic E-state index is 13.8. The van der Waals surface area contributed by atoms with E-state index in [1.54, 1.807) is 4.90 Å². The summed E-state index contributed by atoms with van der Waals surface area (Å²) in [6, 6.07) is 2.62. The first kappa shape index (κ1) is 13.9. The lowest BCUT2D eigenvalue weighted by Crippen LogP contribution is -2.32. The third-order valence-electron chi connectivity index (χ3n) is 4.73. The highest BCUT2D eigenvalue weighted by Crippen LogP contribution is 2.38. The number of rotatable bonds is 1. The third kappa shape index (κ3) is 2.16. The lowest BCUT2D eigenvalue weighted by molar-refractivity contribution is 0.0767. The van der Waals surface area contributed by atoms with Crippen LogP contribution in [0, 0.1) is 16.0 Å². The van der Waals surface area contributed by atoms with Crippen LogP contribution in [-0.2, 0) is 4.74 Å². The monoisotopic (exact) mass is 321 g/mol. The second kappa shape index (κ2) is 4.89. The van der Waals surface area contributed by atoms with Crippen molar-refractivity contribution in [1.82, 2.24) is 14.9 Å². The maximum absolute atomic E-state index is 13.8. The summed E-state index contributed by atoms with van der Waals surface area (Å²) in [5.74, 6) is -0.599. The number of nitrogens with one attached hydrogen (secondary N) is 2. The Morgan fingerprint density at radius 3 is 3.00 bits per heavy atom. The number of H-pyrrole nitrogens is 2. The molecule has 22 heavy (non-hydrogen) atoms. The van der Waals surface area contributed by atoms with Gasteiger partial charge in [-0.3, -0.25) is 4.79 Å². The number of carbonyl (C=O) groups is 1. The summed E-state index contributed by atoms with van der Waals surface area (Å²) >= 11 is 5.04. The lowest BCUT2D eigenvalue weighted by atomic mass is 9.87. The van der Waals surface area contributed by atoms with E-state index in [-0.39, 0.29) is 11.3 Å². The first-order valence-electron chi connectivity index (χ1n) is 7.35. The number of benzene rings is 1. The number of aromatic nitrogens is 2. The van der Waals surface area contributed by atoms with Gasteiger partial charge in [0.05, 0.1) is 23.2 Å². The molecule has 1 amide bonds. The van der Waals surface area contributed by atoms with Gasteiger partial charge < -0.3 is 19.6 Å². The number of hydrogen-bond acceptors (Lipinski definition) is 3. The SMILES string of the molecule is O=C(c1cc(F)cc2[nH]c(=S)[nH]c12)N1CC[C@@]2(CCOC2)C1. The van der Waals surface area contributed by atoms with Crippen molar-refractivity contribution >= 4 is 29.2 Å². The van der Waals surface area contributed by atoms with Gasteiger partial charge in [0, 0.05) is 25.1 Å². The molecule has 2 fully saturated rings. The number of ether oxygens (including phenoxy) is 1. The van der Waals surface area contributed by atoms with Crippen LogP contribution in [0.15, 0.2) is 12.1 Å². The minimum atomic E-state index is -0.445. The largest absolute Gasteiger partial charge is 0.381 e. The number of aromatic amines is 2. The second-order valence-corrected chi connectivity index (χ2v) is 6.64. The van der Waals surface area contributed by atoms with Crippen LogP contribution in [0.1, 0.15) is 23.2 Å². The van der Waals surface area contributed by atoms with Crippen LogP contribution in [0.5, 0.6) is 0 Å². The summed E-state index contributed by atoms with van der Waals surface area (Å²) in [7, 11) is 0. The quantitative estimate of drug-likeness (QED) is 0.794. The smallest absolute Gasteiger partial charge is 0.256 e. The Balaban J connectivity index is 1.70. The Hall–Kier alpha value is -1.73. The van der Waals surface area contributed by atoms with Crippen molar-refractivity contribution in [3.63, 3.8) is 0 Å². The van der Waals surface area contributed by atoms with Crippen LogP contribution in [0.4, 0.5) is 4.39 Å². The molecular weight excluding hydrogens is 305 g/mol. The van der Waals surface area contributed by atoms with Gasteiger partial charge in [-0.15, -0.1) is 0 Å². The van der Waals surface area contributed by atoms with Crippen LogP contribution < -0.4 is 0 Å². The van der Waals surface area contributed by atoms with E-state index in [1.165, 1.54) is 12.1 Å². The standard InChI is InChI=1S/C15H16FN3O2S/c16-9-5-10(12-11(6-9)17-14(22)18-12)13(20)19-3-1-15(7-19)2-4-21-8-15/h5-6H,1-4,7-8H2,(H2,17,18,22)/t15-/m1/s1. The van der Waals surface area contributed by atoms with Gasteiger partial charge in [0.2, 0.25) is 0 Å². The van der Waals surface area contributed by atoms with Crippen molar-refractivity contribution in [3.8, 4) is 0 Å². The molecule has 4 rings (SSSR count). The third-order valence-corrected chi connectivity index (χ3v) is 4.93. The number of likely N-dealkylation sites (tertiary alicyclic amines) is 1. The van der Waals surface area contributed by atoms with E-state index < -0.39 is 5.82 Å². The van der Waals surface area contributed by atoms with Crippen LogP contribution in [0.25, 0.3) is 11.0 Å². The molecule has 2 aliphatic rings. The van der Waals surface area contributed by atoms with E-state index in [0.717, 1.165) is 19.4 Å². The van der Waals surface area contributed by atoms with E-state index in [9.17, 15) is 9.18 Å². The molecule has 3 heterocycles. The highest BCUT2D eigenvalue weighted by molar-refractivity contribution is 7.71. The van der Waals surface area contributed by atoms with Gasteiger partial charge in [-0.1, -0.05) is 0 Å². The van der Waals surface area contributed by atoms with Crippen LogP contribution in [-0.4, -0.2) is 47.1 Å². The number of carbonyl (C=O) groups excluding carboxylic acids is 1. The molecule has 2 aliphatic heterocycles.